The van der Waals surface area contributed by atoms with Crippen molar-refractivity contribution in [1.82, 2.24) is 0 Å². The van der Waals surface area contributed by atoms with Gasteiger partial charge in [-0.15, -0.1) is 0 Å². The first-order chi connectivity index (χ1) is 23.4. The van der Waals surface area contributed by atoms with Crippen molar-refractivity contribution >= 4 is 11.9 Å². The van der Waals surface area contributed by atoms with Gasteiger partial charge in [0.25, 0.3) is 0 Å². The average molecular weight is 707 g/mol. The number of esters is 2. The van der Waals surface area contributed by atoms with Crippen molar-refractivity contribution in [2.24, 2.45) is 29.6 Å². The third kappa shape index (κ3) is 11.9. The summed E-state index contributed by atoms with van der Waals surface area (Å²) in [6.45, 7) is 15.8. The third-order valence-electron chi connectivity index (χ3n) is 10.1. The van der Waals surface area contributed by atoms with Crippen molar-refractivity contribution in [3.8, 4) is 0 Å². The predicted octanol–water partition coefficient (Wildman–Crippen LogP) is 4.93. The van der Waals surface area contributed by atoms with Crippen LogP contribution in [0.1, 0.15) is 81.6 Å². The maximum absolute atomic E-state index is 13.7. The monoisotopic (exact) mass is 706 g/mol. The topological polar surface area (TPSA) is 161 Å². The second-order valence-corrected chi connectivity index (χ2v) is 14.3. The van der Waals surface area contributed by atoms with Crippen LogP contribution in [0.3, 0.4) is 0 Å². The molecule has 0 radical (unpaired) electrons. The smallest absolute Gasteiger partial charge is 0.373 e. The molecule has 0 bridgehead atoms. The van der Waals surface area contributed by atoms with Crippen molar-refractivity contribution in [2.75, 3.05) is 14.2 Å². The van der Waals surface area contributed by atoms with Crippen LogP contribution in [0.5, 0.6) is 0 Å². The van der Waals surface area contributed by atoms with Crippen molar-refractivity contribution < 1.29 is 53.7 Å². The fourth-order valence-corrected chi connectivity index (χ4v) is 6.75. The van der Waals surface area contributed by atoms with E-state index in [0.29, 0.717) is 12.0 Å². The Morgan fingerprint density at radius 2 is 1.78 bits per heavy atom. The number of hydrogen-bond donors (Lipinski definition) is 4. The van der Waals surface area contributed by atoms with Gasteiger partial charge in [-0.05, 0) is 39.2 Å². The minimum absolute atomic E-state index is 0.0721. The Kier molecular flexibility index (Phi) is 17.1. The van der Waals surface area contributed by atoms with E-state index in [-0.39, 0.29) is 36.4 Å². The molecule has 1 fully saturated rings. The summed E-state index contributed by atoms with van der Waals surface area (Å²) in [4.78, 5) is 25.6. The highest BCUT2D eigenvalue weighted by atomic mass is 16.6. The zero-order chi connectivity index (χ0) is 37.9. The number of aliphatic hydroxyl groups excluding tert-OH is 3. The van der Waals surface area contributed by atoms with Gasteiger partial charge in [-0.25, -0.2) is 4.79 Å². The number of allylic oxidation sites excluding steroid dienone is 6. The molecular weight excluding hydrogens is 644 g/mol. The Balaban J connectivity index is 2.58. The summed E-state index contributed by atoms with van der Waals surface area (Å²) >= 11 is 0. The van der Waals surface area contributed by atoms with Crippen LogP contribution in [-0.2, 0) is 33.3 Å². The highest BCUT2D eigenvalue weighted by Crippen LogP contribution is 2.41. The highest BCUT2D eigenvalue weighted by molar-refractivity contribution is 5.87. The zero-order valence-corrected chi connectivity index (χ0v) is 31.7. The van der Waals surface area contributed by atoms with Gasteiger partial charge in [0.15, 0.2) is 5.79 Å². The first-order valence-electron chi connectivity index (χ1n) is 17.6. The van der Waals surface area contributed by atoms with Gasteiger partial charge in [0, 0.05) is 50.5 Å². The standard InChI is InChI=1S/C39H62O11/c1-12-14-32-26(6)35(48-29(9)40)21-39(45,50-32)28(8)36(43)27(7)37-33(46-10)16-13-15-22(2)17-24(4)30(41)20-31(42)25(5)18-23(3)19-34(47-11)38(44)49-37/h12-16,18-19,24-28,30-33,35-37,41-43,45H,17,20-21H2,1-11H3/b14-12+,16-13+,22-15+,23-18+,34-19-/t24-,25-,26-,27+,28+,30-,31+,32-,33+,35-,36-,37-,39-/m1/s1. The van der Waals surface area contributed by atoms with Gasteiger partial charge in [0.05, 0.1) is 31.5 Å². The van der Waals surface area contributed by atoms with Crippen molar-refractivity contribution in [3.05, 3.63) is 59.4 Å². The second kappa shape index (κ2) is 19.7. The highest BCUT2D eigenvalue weighted by Gasteiger charge is 2.52. The Hall–Kier alpha value is -2.80. The number of carbonyl (C=O) groups is 2. The molecule has 2 heterocycles. The van der Waals surface area contributed by atoms with Gasteiger partial charge in [0.2, 0.25) is 5.76 Å². The van der Waals surface area contributed by atoms with Gasteiger partial charge < -0.3 is 44.1 Å². The lowest BCUT2D eigenvalue weighted by Crippen LogP contribution is -2.58. The number of cyclic esters (lactones) is 1. The number of aliphatic hydroxyl groups is 4. The first kappa shape index (κ1) is 43.4. The molecule has 0 aromatic carbocycles. The van der Waals surface area contributed by atoms with Crippen LogP contribution < -0.4 is 0 Å². The molecule has 284 valence electrons. The minimum atomic E-state index is -1.90. The van der Waals surface area contributed by atoms with Crippen molar-refractivity contribution in [3.63, 3.8) is 0 Å². The Morgan fingerprint density at radius 3 is 2.36 bits per heavy atom. The fourth-order valence-electron chi connectivity index (χ4n) is 6.75. The molecule has 2 aliphatic rings. The molecule has 13 atom stereocenters. The molecule has 0 saturated carbocycles. The average Bonchev–Trinajstić information content (AvgIpc) is 3.04. The molecule has 0 amide bonds. The van der Waals surface area contributed by atoms with Crippen LogP contribution in [0.25, 0.3) is 0 Å². The number of hydrogen-bond acceptors (Lipinski definition) is 11. The van der Waals surface area contributed by atoms with Gasteiger partial charge in [0.1, 0.15) is 18.3 Å². The van der Waals surface area contributed by atoms with E-state index in [1.165, 1.54) is 27.2 Å². The number of carbonyl (C=O) groups excluding carboxylic acids is 2. The van der Waals surface area contributed by atoms with Crippen LogP contribution in [0.2, 0.25) is 0 Å². The molecule has 11 heteroatoms. The van der Waals surface area contributed by atoms with E-state index in [9.17, 15) is 30.0 Å². The molecule has 0 unspecified atom stereocenters. The first-order valence-corrected chi connectivity index (χ1v) is 17.6. The molecule has 2 rings (SSSR count). The predicted molar refractivity (Wildman–Crippen MR) is 190 cm³/mol. The molecule has 2 aliphatic heterocycles. The van der Waals surface area contributed by atoms with E-state index in [0.717, 1.165) is 5.57 Å². The normalized spacial score (nSPS) is 39.5. The van der Waals surface area contributed by atoms with Crippen LogP contribution in [-0.4, -0.2) is 95.1 Å². The summed E-state index contributed by atoms with van der Waals surface area (Å²) in [6.07, 6.45) is 6.96. The van der Waals surface area contributed by atoms with Crippen LogP contribution in [0.15, 0.2) is 59.4 Å². The minimum Gasteiger partial charge on any atom is -0.490 e. The maximum Gasteiger partial charge on any atom is 0.373 e. The summed E-state index contributed by atoms with van der Waals surface area (Å²) in [5.74, 6) is -5.75. The van der Waals surface area contributed by atoms with Crippen LogP contribution >= 0.6 is 0 Å². The molecule has 4 N–H and O–H groups in total. The fraction of sp³-hybridized carbons (Fsp3) is 0.692. The molecule has 0 aromatic rings. The van der Waals surface area contributed by atoms with Crippen LogP contribution in [0, 0.1) is 29.6 Å². The molecular formula is C39H62O11. The number of rotatable bonds is 8. The SMILES string of the molecule is C/C=C/[C@H]1O[C@@](O)([C@@H](C)[C@H](O)[C@H](C)[C@H]2OC(=O)/C(OC)=C/C(C)=C/[C@@H](C)[C@@H](O)C[C@@H](O)[C@H](C)C/C(C)=C/C=C/[C@@H]2OC)C[C@@H](OC(C)=O)[C@@H]1C. The van der Waals surface area contributed by atoms with E-state index in [1.54, 1.807) is 51.2 Å². The quantitative estimate of drug-likeness (QED) is 0.200. The second-order valence-electron chi connectivity index (χ2n) is 14.3. The van der Waals surface area contributed by atoms with Gasteiger partial charge >= 0.3 is 11.9 Å². The molecule has 0 spiro atoms. The van der Waals surface area contributed by atoms with E-state index < -0.39 is 72.3 Å². The van der Waals surface area contributed by atoms with E-state index in [4.69, 9.17) is 23.7 Å². The number of methoxy groups -OCH3 is 2. The van der Waals surface area contributed by atoms with Gasteiger partial charge in [-0.1, -0.05) is 82.2 Å². The Labute approximate surface area is 298 Å². The zero-order valence-electron chi connectivity index (χ0n) is 31.7. The lowest BCUT2D eigenvalue weighted by Gasteiger charge is -2.48. The lowest BCUT2D eigenvalue weighted by molar-refractivity contribution is -0.314. The van der Waals surface area contributed by atoms with E-state index in [1.807, 2.05) is 40.7 Å². The lowest BCUT2D eigenvalue weighted by atomic mass is 9.77. The Morgan fingerprint density at radius 1 is 1.12 bits per heavy atom. The summed E-state index contributed by atoms with van der Waals surface area (Å²) in [6, 6.07) is 0. The molecule has 1 saturated heterocycles. The summed E-state index contributed by atoms with van der Waals surface area (Å²) in [7, 11) is 2.81. The molecule has 50 heavy (non-hydrogen) atoms. The summed E-state index contributed by atoms with van der Waals surface area (Å²) in [5.41, 5.74) is 1.61. The van der Waals surface area contributed by atoms with Crippen molar-refractivity contribution in [2.45, 2.75) is 130 Å². The van der Waals surface area contributed by atoms with E-state index in [2.05, 4.69) is 0 Å². The van der Waals surface area contributed by atoms with Crippen LogP contribution in [0.4, 0.5) is 0 Å². The van der Waals surface area contributed by atoms with Gasteiger partial charge in [-0.2, -0.15) is 0 Å². The van der Waals surface area contributed by atoms with E-state index >= 15 is 0 Å². The van der Waals surface area contributed by atoms with Gasteiger partial charge in [-0.3, -0.25) is 4.79 Å². The summed E-state index contributed by atoms with van der Waals surface area (Å²) < 4.78 is 29.1. The Bertz CT molecular complexity index is 1270. The largest absolute Gasteiger partial charge is 0.490 e. The third-order valence-corrected chi connectivity index (χ3v) is 10.1. The molecule has 0 aromatic heterocycles. The number of ether oxygens (including phenoxy) is 5. The summed E-state index contributed by atoms with van der Waals surface area (Å²) in [5, 5.41) is 45.4. The molecule has 11 nitrogen and oxygen atoms in total. The maximum atomic E-state index is 13.7. The van der Waals surface area contributed by atoms with Crippen molar-refractivity contribution in [1.29, 1.82) is 0 Å². The molecule has 0 aliphatic carbocycles.